The third-order valence-electron chi connectivity index (χ3n) is 1.76. The Labute approximate surface area is 92.0 Å². The number of halogens is 2. The quantitative estimate of drug-likeness (QED) is 0.841. The minimum atomic E-state index is -1.01. The molecule has 0 amide bonds. The summed E-state index contributed by atoms with van der Waals surface area (Å²) in [5, 5.41) is 9.09. The molecular formula is C8H4BrClN2O2. The van der Waals surface area contributed by atoms with Crippen molar-refractivity contribution in [3.63, 3.8) is 0 Å². The number of carboxylic acid groups (broad SMARTS) is 1. The van der Waals surface area contributed by atoms with Crippen molar-refractivity contribution >= 4 is 44.5 Å². The molecule has 2 rings (SSSR count). The number of carbonyl (C=O) groups is 1. The van der Waals surface area contributed by atoms with Gasteiger partial charge in [-0.3, -0.25) is 0 Å². The van der Waals surface area contributed by atoms with Crippen molar-refractivity contribution in [2.45, 2.75) is 0 Å². The van der Waals surface area contributed by atoms with Gasteiger partial charge in [-0.15, -0.1) is 0 Å². The van der Waals surface area contributed by atoms with Crippen LogP contribution in [0.25, 0.3) is 11.0 Å². The van der Waals surface area contributed by atoms with E-state index in [2.05, 4.69) is 25.9 Å². The first-order chi connectivity index (χ1) is 6.58. The van der Waals surface area contributed by atoms with Crippen molar-refractivity contribution < 1.29 is 9.90 Å². The molecule has 0 radical (unpaired) electrons. The fourth-order valence-corrected chi connectivity index (χ4v) is 1.82. The van der Waals surface area contributed by atoms with E-state index in [9.17, 15) is 4.79 Å². The average molecular weight is 275 g/mol. The smallest absolute Gasteiger partial charge is 0.335 e. The number of H-pyrrole nitrogens is 1. The van der Waals surface area contributed by atoms with Crippen LogP contribution in [-0.2, 0) is 0 Å². The second kappa shape index (κ2) is 3.25. The summed E-state index contributed by atoms with van der Waals surface area (Å²) >= 11 is 9.00. The van der Waals surface area contributed by atoms with Crippen LogP contribution in [0.2, 0.25) is 5.02 Å². The zero-order valence-corrected chi connectivity index (χ0v) is 9.06. The third kappa shape index (κ3) is 1.49. The Kier molecular flexibility index (Phi) is 2.20. The van der Waals surface area contributed by atoms with Crippen molar-refractivity contribution in [1.82, 2.24) is 9.97 Å². The van der Waals surface area contributed by atoms with Crippen molar-refractivity contribution in [2.75, 3.05) is 0 Å². The fraction of sp³-hybridized carbons (Fsp3) is 0. The van der Waals surface area contributed by atoms with Gasteiger partial charge in [0.25, 0.3) is 0 Å². The number of aromatic carboxylic acids is 1. The Morgan fingerprint density at radius 2 is 2.29 bits per heavy atom. The van der Waals surface area contributed by atoms with Gasteiger partial charge in [-0.2, -0.15) is 0 Å². The first-order valence-corrected chi connectivity index (χ1v) is 4.83. The number of aromatic nitrogens is 2. The molecule has 72 valence electrons. The lowest BCUT2D eigenvalue weighted by Gasteiger charge is -1.96. The molecule has 0 aliphatic carbocycles. The molecule has 0 aliphatic heterocycles. The Morgan fingerprint density at radius 3 is 2.93 bits per heavy atom. The molecule has 2 aromatic rings. The molecule has 0 fully saturated rings. The first-order valence-electron chi connectivity index (χ1n) is 3.66. The van der Waals surface area contributed by atoms with Gasteiger partial charge in [0.05, 0.1) is 16.1 Å². The lowest BCUT2D eigenvalue weighted by Crippen LogP contribution is -1.95. The van der Waals surface area contributed by atoms with Crippen molar-refractivity contribution in [3.8, 4) is 0 Å². The normalized spacial score (nSPS) is 10.7. The number of carboxylic acids is 1. The molecule has 0 aliphatic rings. The minimum absolute atomic E-state index is 0.138. The number of imidazole rings is 1. The number of fused-ring (bicyclic) bond motifs is 1. The maximum absolute atomic E-state index is 10.7. The van der Waals surface area contributed by atoms with Crippen LogP contribution >= 0.6 is 27.5 Å². The molecule has 14 heavy (non-hydrogen) atoms. The highest BCUT2D eigenvalue weighted by Gasteiger charge is 2.10. The Balaban J connectivity index is 2.77. The van der Waals surface area contributed by atoms with Crippen LogP contribution in [0.4, 0.5) is 0 Å². The topological polar surface area (TPSA) is 66.0 Å². The number of nitrogens with zero attached hydrogens (tertiary/aromatic N) is 1. The standard InChI is InChI=1S/C8H4BrClN2O2/c9-8-11-5-2-3(7(13)14)1-4(10)6(5)12-8/h1-2H,(H,11,12)(H,13,14). The molecular weight excluding hydrogens is 271 g/mol. The monoisotopic (exact) mass is 274 g/mol. The molecule has 6 heteroatoms. The zero-order valence-electron chi connectivity index (χ0n) is 6.71. The predicted molar refractivity (Wildman–Crippen MR) is 55.8 cm³/mol. The van der Waals surface area contributed by atoms with E-state index in [-0.39, 0.29) is 5.56 Å². The summed E-state index contributed by atoms with van der Waals surface area (Å²) in [6, 6.07) is 2.86. The maximum Gasteiger partial charge on any atom is 0.335 e. The average Bonchev–Trinajstić information content (AvgIpc) is 2.45. The number of benzene rings is 1. The van der Waals surface area contributed by atoms with E-state index in [1.807, 2.05) is 0 Å². The van der Waals surface area contributed by atoms with Gasteiger partial charge in [0, 0.05) is 0 Å². The lowest BCUT2D eigenvalue weighted by molar-refractivity contribution is 0.0697. The predicted octanol–water partition coefficient (Wildman–Crippen LogP) is 2.68. The highest BCUT2D eigenvalue weighted by atomic mass is 79.9. The van der Waals surface area contributed by atoms with E-state index in [4.69, 9.17) is 16.7 Å². The maximum atomic E-state index is 10.7. The van der Waals surface area contributed by atoms with Crippen LogP contribution in [0.1, 0.15) is 10.4 Å². The molecule has 4 nitrogen and oxygen atoms in total. The summed E-state index contributed by atoms with van der Waals surface area (Å²) in [4.78, 5) is 17.6. The van der Waals surface area contributed by atoms with E-state index in [0.717, 1.165) is 0 Å². The summed E-state index contributed by atoms with van der Waals surface area (Å²) < 4.78 is 0.525. The number of hydrogen-bond donors (Lipinski definition) is 2. The van der Waals surface area contributed by atoms with E-state index < -0.39 is 5.97 Å². The SMILES string of the molecule is O=C(O)c1cc(Cl)c2nc(Br)[nH]c2c1. The summed E-state index contributed by atoms with van der Waals surface area (Å²) in [5.74, 6) is -1.01. The number of aromatic amines is 1. The summed E-state index contributed by atoms with van der Waals surface area (Å²) in [5.41, 5.74) is 1.30. The van der Waals surface area contributed by atoms with E-state index in [1.54, 1.807) is 0 Å². The van der Waals surface area contributed by atoms with Crippen LogP contribution in [0.15, 0.2) is 16.9 Å². The fourth-order valence-electron chi connectivity index (χ4n) is 1.17. The molecule has 0 saturated heterocycles. The van der Waals surface area contributed by atoms with Gasteiger partial charge in [-0.25, -0.2) is 9.78 Å². The van der Waals surface area contributed by atoms with Gasteiger partial charge >= 0.3 is 5.97 Å². The van der Waals surface area contributed by atoms with Crippen LogP contribution in [0.5, 0.6) is 0 Å². The largest absolute Gasteiger partial charge is 0.478 e. The van der Waals surface area contributed by atoms with Crippen LogP contribution in [-0.4, -0.2) is 21.0 Å². The number of rotatable bonds is 1. The molecule has 1 aromatic heterocycles. The summed E-state index contributed by atoms with van der Waals surface area (Å²) in [7, 11) is 0. The molecule has 0 bridgehead atoms. The van der Waals surface area contributed by atoms with Gasteiger partial charge in [-0.05, 0) is 28.1 Å². The number of hydrogen-bond acceptors (Lipinski definition) is 2. The van der Waals surface area contributed by atoms with E-state index >= 15 is 0 Å². The van der Waals surface area contributed by atoms with E-state index in [0.29, 0.717) is 20.8 Å². The second-order valence-corrected chi connectivity index (χ2v) is 3.85. The minimum Gasteiger partial charge on any atom is -0.478 e. The van der Waals surface area contributed by atoms with Crippen LogP contribution in [0, 0.1) is 0 Å². The van der Waals surface area contributed by atoms with Crippen LogP contribution in [0.3, 0.4) is 0 Å². The summed E-state index contributed by atoms with van der Waals surface area (Å²) in [6.45, 7) is 0. The van der Waals surface area contributed by atoms with Gasteiger partial charge < -0.3 is 10.1 Å². The molecule has 2 N–H and O–H groups in total. The van der Waals surface area contributed by atoms with Gasteiger partial charge in [0.1, 0.15) is 5.52 Å². The lowest BCUT2D eigenvalue weighted by atomic mass is 10.2. The highest BCUT2D eigenvalue weighted by molar-refractivity contribution is 9.10. The zero-order chi connectivity index (χ0) is 10.3. The van der Waals surface area contributed by atoms with Gasteiger partial charge in [0.15, 0.2) is 4.73 Å². The Morgan fingerprint density at radius 1 is 1.57 bits per heavy atom. The molecule has 0 atom stereocenters. The van der Waals surface area contributed by atoms with Crippen molar-refractivity contribution in [1.29, 1.82) is 0 Å². The molecule has 1 heterocycles. The van der Waals surface area contributed by atoms with Gasteiger partial charge in [0.2, 0.25) is 0 Å². The number of nitrogens with one attached hydrogen (secondary N) is 1. The van der Waals surface area contributed by atoms with Gasteiger partial charge in [-0.1, -0.05) is 11.6 Å². The molecule has 1 aromatic carbocycles. The molecule has 0 spiro atoms. The Hall–Kier alpha value is -1.07. The van der Waals surface area contributed by atoms with Crippen LogP contribution < -0.4 is 0 Å². The third-order valence-corrected chi connectivity index (χ3v) is 2.42. The molecule has 0 unspecified atom stereocenters. The van der Waals surface area contributed by atoms with Crippen molar-refractivity contribution in [3.05, 3.63) is 27.5 Å². The Bertz CT molecular complexity index is 523. The van der Waals surface area contributed by atoms with Crippen molar-refractivity contribution in [2.24, 2.45) is 0 Å². The second-order valence-electron chi connectivity index (χ2n) is 2.69. The molecule has 0 saturated carbocycles. The summed E-state index contributed by atoms with van der Waals surface area (Å²) in [6.07, 6.45) is 0. The van der Waals surface area contributed by atoms with E-state index in [1.165, 1.54) is 12.1 Å². The highest BCUT2D eigenvalue weighted by Crippen LogP contribution is 2.25. The first kappa shape index (κ1) is 9.48.